The second-order valence-corrected chi connectivity index (χ2v) is 8.19. The average molecular weight is 467 g/mol. The van der Waals surface area contributed by atoms with E-state index in [1.807, 2.05) is 56.3 Å². The summed E-state index contributed by atoms with van der Waals surface area (Å²) in [5.41, 5.74) is 3.75. The van der Waals surface area contributed by atoms with Gasteiger partial charge in [0.25, 0.3) is 0 Å². The summed E-state index contributed by atoms with van der Waals surface area (Å²) >= 11 is 0. The lowest BCUT2D eigenvalue weighted by molar-refractivity contribution is -0.136. The summed E-state index contributed by atoms with van der Waals surface area (Å²) in [5, 5.41) is 24.5. The molecule has 0 saturated carbocycles. The van der Waals surface area contributed by atoms with Crippen LogP contribution in [0.3, 0.4) is 0 Å². The normalized spacial score (nSPS) is 11.9. The Morgan fingerprint density at radius 1 is 1.03 bits per heavy atom. The van der Waals surface area contributed by atoms with Crippen molar-refractivity contribution in [1.82, 2.24) is 9.78 Å². The van der Waals surface area contributed by atoms with E-state index in [2.05, 4.69) is 6.92 Å². The summed E-state index contributed by atoms with van der Waals surface area (Å²) in [7, 11) is 0. The summed E-state index contributed by atoms with van der Waals surface area (Å²) in [6.07, 6.45) is 1.89. The summed E-state index contributed by atoms with van der Waals surface area (Å²) in [5.74, 6) is 0.504. The van der Waals surface area contributed by atoms with Gasteiger partial charge in [0, 0.05) is 11.1 Å². The average Bonchev–Trinajstić information content (AvgIpc) is 3.23. The van der Waals surface area contributed by atoms with E-state index in [1.165, 1.54) is 0 Å². The number of aliphatic carboxylic acids is 1. The van der Waals surface area contributed by atoms with Crippen LogP contribution in [-0.4, -0.2) is 45.3 Å². The topological polar surface area (TPSA) is 93.8 Å². The van der Waals surface area contributed by atoms with Crippen LogP contribution in [0.4, 0.5) is 0 Å². The van der Waals surface area contributed by atoms with Crippen molar-refractivity contribution < 1.29 is 24.5 Å². The van der Waals surface area contributed by atoms with Crippen LogP contribution in [0, 0.1) is 0 Å². The third kappa shape index (κ3) is 6.38. The van der Waals surface area contributed by atoms with Gasteiger partial charge in [0.05, 0.1) is 43.7 Å². The Hall–Kier alpha value is -3.32. The van der Waals surface area contributed by atoms with Gasteiger partial charge in [-0.15, -0.1) is 0 Å². The minimum absolute atomic E-state index is 0.0858. The summed E-state index contributed by atoms with van der Waals surface area (Å²) in [6, 6.07) is 15.1. The van der Waals surface area contributed by atoms with Gasteiger partial charge < -0.3 is 19.7 Å². The molecule has 1 heterocycles. The first-order valence-electron chi connectivity index (χ1n) is 11.9. The fourth-order valence-electron chi connectivity index (χ4n) is 3.71. The Labute approximate surface area is 201 Å². The third-order valence-electron chi connectivity index (χ3n) is 5.53. The number of benzene rings is 2. The number of unbranched alkanes of at least 4 members (excludes halogenated alkanes) is 1. The van der Waals surface area contributed by atoms with Crippen molar-refractivity contribution >= 4 is 5.97 Å². The Bertz CT molecular complexity index is 1090. The quantitative estimate of drug-likeness (QED) is 0.337. The van der Waals surface area contributed by atoms with Gasteiger partial charge in [-0.05, 0) is 55.7 Å². The zero-order valence-electron chi connectivity index (χ0n) is 20.2. The summed E-state index contributed by atoms with van der Waals surface area (Å²) in [4.78, 5) is 11.3. The molecule has 1 atom stereocenters. The number of para-hydroxylation sites is 1. The van der Waals surface area contributed by atoms with Crippen LogP contribution in [-0.2, 0) is 17.8 Å². The standard InChI is InChI=1S/C27H34N2O5/c1-4-7-14-34-26-13-12-19(16-27(31)32)15-22(26)23-17-24(29(28-23)18-20(30)5-2)21-10-8-9-11-25(21)33-6-3/h8-13,15,17,20,30H,4-7,14,16,18H2,1-3H3,(H,31,32)/t20-/m0/s1. The Morgan fingerprint density at radius 3 is 2.50 bits per heavy atom. The van der Waals surface area contributed by atoms with Gasteiger partial charge in [-0.2, -0.15) is 5.10 Å². The molecule has 0 unspecified atom stereocenters. The maximum atomic E-state index is 11.3. The van der Waals surface area contributed by atoms with Crippen LogP contribution in [0.2, 0.25) is 0 Å². The molecule has 0 aliphatic heterocycles. The van der Waals surface area contributed by atoms with Gasteiger partial charge in [-0.3, -0.25) is 9.48 Å². The fourth-order valence-corrected chi connectivity index (χ4v) is 3.71. The molecular formula is C27H34N2O5. The highest BCUT2D eigenvalue weighted by atomic mass is 16.5. The number of nitrogens with zero attached hydrogens (tertiary/aromatic N) is 2. The molecule has 2 aromatic carbocycles. The summed E-state index contributed by atoms with van der Waals surface area (Å²) < 4.78 is 13.7. The minimum atomic E-state index is -0.895. The smallest absolute Gasteiger partial charge is 0.307 e. The minimum Gasteiger partial charge on any atom is -0.493 e. The molecular weight excluding hydrogens is 432 g/mol. The van der Waals surface area contributed by atoms with Crippen LogP contribution in [0.15, 0.2) is 48.5 Å². The van der Waals surface area contributed by atoms with Crippen molar-refractivity contribution in [3.05, 3.63) is 54.1 Å². The van der Waals surface area contributed by atoms with E-state index >= 15 is 0 Å². The van der Waals surface area contributed by atoms with E-state index in [-0.39, 0.29) is 6.42 Å². The molecule has 7 heteroatoms. The number of aromatic nitrogens is 2. The largest absolute Gasteiger partial charge is 0.493 e. The second-order valence-electron chi connectivity index (χ2n) is 8.19. The molecule has 0 aliphatic rings. The highest BCUT2D eigenvalue weighted by Crippen LogP contribution is 2.36. The molecule has 34 heavy (non-hydrogen) atoms. The maximum Gasteiger partial charge on any atom is 0.307 e. The fraction of sp³-hybridized carbons (Fsp3) is 0.407. The van der Waals surface area contributed by atoms with Crippen molar-refractivity contribution in [3.8, 4) is 34.0 Å². The number of aliphatic hydroxyl groups excluding tert-OH is 1. The van der Waals surface area contributed by atoms with E-state index in [4.69, 9.17) is 14.6 Å². The molecule has 3 aromatic rings. The zero-order valence-corrected chi connectivity index (χ0v) is 20.2. The van der Waals surface area contributed by atoms with Crippen molar-refractivity contribution in [1.29, 1.82) is 0 Å². The van der Waals surface area contributed by atoms with Crippen molar-refractivity contribution in [2.24, 2.45) is 0 Å². The van der Waals surface area contributed by atoms with Gasteiger partial charge in [-0.25, -0.2) is 0 Å². The van der Waals surface area contributed by atoms with E-state index in [0.717, 1.165) is 35.4 Å². The Balaban J connectivity index is 2.13. The number of rotatable bonds is 13. The highest BCUT2D eigenvalue weighted by molar-refractivity contribution is 5.77. The molecule has 0 spiro atoms. The van der Waals surface area contributed by atoms with E-state index in [9.17, 15) is 15.0 Å². The van der Waals surface area contributed by atoms with Crippen molar-refractivity contribution in [2.45, 2.75) is 59.1 Å². The summed E-state index contributed by atoms with van der Waals surface area (Å²) in [6.45, 7) is 7.39. The second kappa shape index (κ2) is 12.2. The number of carboxylic acid groups (broad SMARTS) is 1. The number of carbonyl (C=O) groups is 1. The monoisotopic (exact) mass is 466 g/mol. The van der Waals surface area contributed by atoms with Crippen LogP contribution in [0.5, 0.6) is 11.5 Å². The lowest BCUT2D eigenvalue weighted by Crippen LogP contribution is -2.16. The molecule has 1 aromatic heterocycles. The van der Waals surface area contributed by atoms with Crippen LogP contribution >= 0.6 is 0 Å². The van der Waals surface area contributed by atoms with Gasteiger partial charge in [0.15, 0.2) is 0 Å². The highest BCUT2D eigenvalue weighted by Gasteiger charge is 2.19. The number of hydrogen-bond donors (Lipinski definition) is 2. The van der Waals surface area contributed by atoms with Crippen molar-refractivity contribution in [3.63, 3.8) is 0 Å². The predicted octanol–water partition coefficient (Wildman–Crippen LogP) is 5.19. The predicted molar refractivity (Wildman–Crippen MR) is 132 cm³/mol. The zero-order chi connectivity index (χ0) is 24.5. The van der Waals surface area contributed by atoms with E-state index in [1.54, 1.807) is 10.7 Å². The van der Waals surface area contributed by atoms with Crippen LogP contribution in [0.25, 0.3) is 22.5 Å². The lowest BCUT2D eigenvalue weighted by atomic mass is 10.0. The number of hydrogen-bond acceptors (Lipinski definition) is 5. The molecule has 7 nitrogen and oxygen atoms in total. The first kappa shape index (κ1) is 25.3. The van der Waals surface area contributed by atoms with Gasteiger partial charge in [-0.1, -0.05) is 38.5 Å². The molecule has 0 saturated heterocycles. The molecule has 0 aliphatic carbocycles. The molecule has 3 rings (SSSR count). The first-order chi connectivity index (χ1) is 16.5. The number of ether oxygens (including phenoxy) is 2. The van der Waals surface area contributed by atoms with Gasteiger partial charge in [0.1, 0.15) is 11.5 Å². The molecule has 0 amide bonds. The Morgan fingerprint density at radius 2 is 1.79 bits per heavy atom. The van der Waals surface area contributed by atoms with Crippen LogP contribution in [0.1, 0.15) is 45.6 Å². The van der Waals surface area contributed by atoms with Crippen LogP contribution < -0.4 is 9.47 Å². The van der Waals surface area contributed by atoms with Crippen molar-refractivity contribution in [2.75, 3.05) is 13.2 Å². The number of aliphatic hydroxyl groups is 1. The SMILES string of the molecule is CCCCOc1ccc(CC(=O)O)cc1-c1cc(-c2ccccc2OCC)n(C[C@@H](O)CC)n1. The molecule has 0 radical (unpaired) electrons. The van der Waals surface area contributed by atoms with Gasteiger partial charge >= 0.3 is 5.97 Å². The van der Waals surface area contributed by atoms with E-state index < -0.39 is 12.1 Å². The third-order valence-corrected chi connectivity index (χ3v) is 5.53. The Kier molecular flexibility index (Phi) is 9.10. The first-order valence-corrected chi connectivity index (χ1v) is 11.9. The molecule has 0 fully saturated rings. The lowest BCUT2D eigenvalue weighted by Gasteiger charge is -2.14. The van der Waals surface area contributed by atoms with Gasteiger partial charge in [0.2, 0.25) is 0 Å². The maximum absolute atomic E-state index is 11.3. The number of carboxylic acids is 1. The molecule has 2 N–H and O–H groups in total. The molecule has 182 valence electrons. The molecule has 0 bridgehead atoms. The van der Waals surface area contributed by atoms with E-state index in [0.29, 0.717) is 43.2 Å².